The number of hydrogen-bond acceptors (Lipinski definition) is 3. The number of rotatable bonds is 4. The largest absolute Gasteiger partial charge is 0.491 e. The van der Waals surface area contributed by atoms with E-state index in [1.165, 1.54) is 0 Å². The van der Waals surface area contributed by atoms with Crippen molar-refractivity contribution in [3.05, 3.63) is 29.8 Å². The van der Waals surface area contributed by atoms with Gasteiger partial charge in [-0.3, -0.25) is 4.79 Å². The number of benzene rings is 1. The van der Waals surface area contributed by atoms with Gasteiger partial charge >= 0.3 is 0 Å². The van der Waals surface area contributed by atoms with E-state index in [2.05, 4.69) is 5.32 Å². The van der Waals surface area contributed by atoms with E-state index in [-0.39, 0.29) is 17.8 Å². The Balaban J connectivity index is 2.09. The number of nitrogens with one attached hydrogen (secondary N) is 1. The van der Waals surface area contributed by atoms with E-state index in [9.17, 15) is 4.79 Å². The van der Waals surface area contributed by atoms with Gasteiger partial charge < -0.3 is 10.1 Å². The minimum Gasteiger partial charge on any atom is -0.491 e. The molecule has 18 heavy (non-hydrogen) atoms. The van der Waals surface area contributed by atoms with E-state index in [4.69, 9.17) is 4.74 Å². The Morgan fingerprint density at radius 3 is 2.94 bits per heavy atom. The number of hydrogen-bond donors (Lipinski definition) is 1. The van der Waals surface area contributed by atoms with E-state index >= 15 is 0 Å². The second-order valence-corrected chi connectivity index (χ2v) is 5.10. The maximum absolute atomic E-state index is 12.3. The standard InChI is InChI=1S/C15H21NO2/c1-11(2)18-14-7-3-5-12(9-14)15(17)13-6-4-8-16-10-13/h3,5,7,9,11,13,16H,4,6,8,10H2,1-2H3/t13-/m0/s1. The van der Waals surface area contributed by atoms with Gasteiger partial charge in [-0.05, 0) is 45.4 Å². The predicted octanol–water partition coefficient (Wildman–Crippen LogP) is 2.66. The van der Waals surface area contributed by atoms with Crippen LogP contribution < -0.4 is 10.1 Å². The van der Waals surface area contributed by atoms with E-state index in [0.29, 0.717) is 0 Å². The minimum absolute atomic E-state index is 0.119. The highest BCUT2D eigenvalue weighted by molar-refractivity contribution is 5.98. The lowest BCUT2D eigenvalue weighted by Crippen LogP contribution is -2.34. The molecule has 1 aliphatic heterocycles. The molecule has 0 saturated carbocycles. The smallest absolute Gasteiger partial charge is 0.167 e. The molecule has 0 unspecified atom stereocenters. The van der Waals surface area contributed by atoms with Crippen molar-refractivity contribution in [1.29, 1.82) is 0 Å². The van der Waals surface area contributed by atoms with Crippen molar-refractivity contribution in [2.45, 2.75) is 32.8 Å². The van der Waals surface area contributed by atoms with Crippen LogP contribution >= 0.6 is 0 Å². The summed E-state index contributed by atoms with van der Waals surface area (Å²) in [5.41, 5.74) is 0.766. The summed E-state index contributed by atoms with van der Waals surface area (Å²) >= 11 is 0. The molecular formula is C15H21NO2. The van der Waals surface area contributed by atoms with Crippen LogP contribution in [-0.2, 0) is 0 Å². The fourth-order valence-corrected chi connectivity index (χ4v) is 2.31. The maximum atomic E-state index is 12.3. The summed E-state index contributed by atoms with van der Waals surface area (Å²) in [4.78, 5) is 12.3. The summed E-state index contributed by atoms with van der Waals surface area (Å²) in [5.74, 6) is 1.13. The molecule has 1 aliphatic rings. The molecule has 1 atom stereocenters. The number of carbonyl (C=O) groups excluding carboxylic acids is 1. The quantitative estimate of drug-likeness (QED) is 0.831. The van der Waals surface area contributed by atoms with Crippen LogP contribution in [0.4, 0.5) is 0 Å². The van der Waals surface area contributed by atoms with Crippen LogP contribution in [0.2, 0.25) is 0 Å². The third kappa shape index (κ3) is 3.33. The third-order valence-electron chi connectivity index (χ3n) is 3.16. The van der Waals surface area contributed by atoms with E-state index in [1.54, 1.807) is 0 Å². The molecule has 1 aromatic carbocycles. The van der Waals surface area contributed by atoms with E-state index in [0.717, 1.165) is 37.2 Å². The van der Waals surface area contributed by atoms with Crippen molar-refractivity contribution in [2.75, 3.05) is 13.1 Å². The third-order valence-corrected chi connectivity index (χ3v) is 3.16. The summed E-state index contributed by atoms with van der Waals surface area (Å²) in [6.45, 7) is 5.80. The van der Waals surface area contributed by atoms with Crippen molar-refractivity contribution in [1.82, 2.24) is 5.32 Å². The first-order valence-electron chi connectivity index (χ1n) is 6.68. The number of Topliss-reactive ketones (excluding diaryl/α,β-unsaturated/α-hetero) is 1. The van der Waals surface area contributed by atoms with Gasteiger partial charge in [0, 0.05) is 18.0 Å². The highest BCUT2D eigenvalue weighted by Gasteiger charge is 2.22. The monoisotopic (exact) mass is 247 g/mol. The number of piperidine rings is 1. The van der Waals surface area contributed by atoms with Crippen molar-refractivity contribution < 1.29 is 9.53 Å². The van der Waals surface area contributed by atoms with Crippen molar-refractivity contribution in [2.24, 2.45) is 5.92 Å². The zero-order valence-corrected chi connectivity index (χ0v) is 11.1. The number of ketones is 1. The van der Waals surface area contributed by atoms with Crippen LogP contribution in [0, 0.1) is 5.92 Å². The van der Waals surface area contributed by atoms with Gasteiger partial charge in [0.15, 0.2) is 5.78 Å². The Hall–Kier alpha value is -1.35. The molecule has 2 rings (SSSR count). The molecule has 0 aromatic heterocycles. The first-order chi connectivity index (χ1) is 8.66. The number of ether oxygens (including phenoxy) is 1. The second kappa shape index (κ2) is 6.01. The normalized spacial score (nSPS) is 19.8. The summed E-state index contributed by atoms with van der Waals surface area (Å²) in [6, 6.07) is 7.53. The summed E-state index contributed by atoms with van der Waals surface area (Å²) in [6.07, 6.45) is 2.20. The predicted molar refractivity (Wildman–Crippen MR) is 72.1 cm³/mol. The molecule has 1 saturated heterocycles. The lowest BCUT2D eigenvalue weighted by Gasteiger charge is -2.21. The van der Waals surface area contributed by atoms with Crippen LogP contribution in [-0.4, -0.2) is 25.0 Å². The average Bonchev–Trinajstić information content (AvgIpc) is 2.38. The molecular weight excluding hydrogens is 226 g/mol. The molecule has 0 spiro atoms. The molecule has 3 heteroatoms. The average molecular weight is 247 g/mol. The lowest BCUT2D eigenvalue weighted by molar-refractivity contribution is 0.0899. The van der Waals surface area contributed by atoms with Crippen LogP contribution in [0.1, 0.15) is 37.0 Å². The highest BCUT2D eigenvalue weighted by atomic mass is 16.5. The molecule has 98 valence electrons. The summed E-state index contributed by atoms with van der Waals surface area (Å²) in [5, 5.41) is 3.28. The Kier molecular flexibility index (Phi) is 4.37. The van der Waals surface area contributed by atoms with Crippen molar-refractivity contribution >= 4 is 5.78 Å². The van der Waals surface area contributed by atoms with Gasteiger partial charge in [0.05, 0.1) is 6.10 Å². The molecule has 1 fully saturated rings. The van der Waals surface area contributed by atoms with Crippen molar-refractivity contribution in [3.63, 3.8) is 0 Å². The molecule has 0 radical (unpaired) electrons. The SMILES string of the molecule is CC(C)Oc1cccc(C(=O)[C@H]2CCCNC2)c1. The Bertz CT molecular complexity index is 409. The highest BCUT2D eigenvalue weighted by Crippen LogP contribution is 2.20. The minimum atomic E-state index is 0.119. The van der Waals surface area contributed by atoms with Gasteiger partial charge in [-0.1, -0.05) is 12.1 Å². The Morgan fingerprint density at radius 2 is 2.28 bits per heavy atom. The lowest BCUT2D eigenvalue weighted by atomic mass is 9.91. The molecule has 1 heterocycles. The van der Waals surface area contributed by atoms with Crippen LogP contribution in [0.5, 0.6) is 5.75 Å². The van der Waals surface area contributed by atoms with E-state index < -0.39 is 0 Å². The fraction of sp³-hybridized carbons (Fsp3) is 0.533. The fourth-order valence-electron chi connectivity index (χ4n) is 2.31. The molecule has 0 aliphatic carbocycles. The molecule has 0 amide bonds. The van der Waals surface area contributed by atoms with E-state index in [1.807, 2.05) is 38.1 Å². The van der Waals surface area contributed by atoms with Crippen LogP contribution in [0.15, 0.2) is 24.3 Å². The Morgan fingerprint density at radius 1 is 1.44 bits per heavy atom. The van der Waals surface area contributed by atoms with Crippen molar-refractivity contribution in [3.8, 4) is 5.75 Å². The van der Waals surface area contributed by atoms with Gasteiger partial charge in [-0.25, -0.2) is 0 Å². The molecule has 3 nitrogen and oxygen atoms in total. The first kappa shape index (κ1) is 13.1. The van der Waals surface area contributed by atoms with Gasteiger partial charge in [0.2, 0.25) is 0 Å². The summed E-state index contributed by atoms with van der Waals surface area (Å²) < 4.78 is 5.62. The van der Waals surface area contributed by atoms with Gasteiger partial charge in [0.1, 0.15) is 5.75 Å². The molecule has 0 bridgehead atoms. The van der Waals surface area contributed by atoms with Gasteiger partial charge in [-0.15, -0.1) is 0 Å². The zero-order chi connectivity index (χ0) is 13.0. The zero-order valence-electron chi connectivity index (χ0n) is 11.1. The topological polar surface area (TPSA) is 38.3 Å². The Labute approximate surface area is 109 Å². The van der Waals surface area contributed by atoms with Crippen LogP contribution in [0.3, 0.4) is 0 Å². The maximum Gasteiger partial charge on any atom is 0.167 e. The number of carbonyl (C=O) groups is 1. The van der Waals surface area contributed by atoms with Crippen LogP contribution in [0.25, 0.3) is 0 Å². The van der Waals surface area contributed by atoms with Gasteiger partial charge in [-0.2, -0.15) is 0 Å². The molecule has 1 aromatic rings. The summed E-state index contributed by atoms with van der Waals surface area (Å²) in [7, 11) is 0. The second-order valence-electron chi connectivity index (χ2n) is 5.10. The molecule has 1 N–H and O–H groups in total. The van der Waals surface area contributed by atoms with Gasteiger partial charge in [0.25, 0.3) is 0 Å². The first-order valence-corrected chi connectivity index (χ1v) is 6.68.